The van der Waals surface area contributed by atoms with Crippen molar-refractivity contribution in [3.05, 3.63) is 36.5 Å². The van der Waals surface area contributed by atoms with Gasteiger partial charge in [-0.15, -0.1) is 0 Å². The zero-order valence-electron chi connectivity index (χ0n) is 52.7. The zero-order valence-corrected chi connectivity index (χ0v) is 52.7. The van der Waals surface area contributed by atoms with Crippen LogP contribution in [-0.2, 0) is 14.3 Å². The molecule has 0 bridgehead atoms. The Balaban J connectivity index is 3.44. The number of carbonyl (C=O) groups excluding carboxylic acids is 2. The number of ether oxygens (including phenoxy) is 1. The van der Waals surface area contributed by atoms with E-state index in [2.05, 4.69) is 43.5 Å². The number of hydrogen-bond acceptors (Lipinski definition) is 5. The lowest BCUT2D eigenvalue weighted by atomic mass is 10.0. The van der Waals surface area contributed by atoms with Crippen LogP contribution in [0, 0.1) is 0 Å². The fourth-order valence-electron chi connectivity index (χ4n) is 11.0. The largest absolute Gasteiger partial charge is 0.466 e. The Kier molecular flexibility index (Phi) is 65.9. The minimum absolute atomic E-state index is 0.00532. The number of carbonyl (C=O) groups is 2. The van der Waals surface area contributed by atoms with Crippen molar-refractivity contribution in [3.8, 4) is 0 Å². The quantitative estimate of drug-likeness (QED) is 0.0320. The van der Waals surface area contributed by atoms with Crippen molar-refractivity contribution < 1.29 is 24.5 Å². The third kappa shape index (κ3) is 63.3. The highest BCUT2D eigenvalue weighted by Gasteiger charge is 2.18. The van der Waals surface area contributed by atoms with Crippen LogP contribution in [0.1, 0.15) is 386 Å². The second-order valence-corrected chi connectivity index (χ2v) is 24.2. The predicted molar refractivity (Wildman–Crippen MR) is 343 cm³/mol. The average molecular weight is 1100 g/mol. The van der Waals surface area contributed by atoms with Crippen LogP contribution in [-0.4, -0.2) is 47.4 Å². The summed E-state index contributed by atoms with van der Waals surface area (Å²) in [5.41, 5.74) is 0. The second-order valence-electron chi connectivity index (χ2n) is 24.2. The smallest absolute Gasteiger partial charge is 0.305 e. The number of amides is 1. The monoisotopic (exact) mass is 1100 g/mol. The van der Waals surface area contributed by atoms with Gasteiger partial charge in [0, 0.05) is 12.8 Å². The van der Waals surface area contributed by atoms with Gasteiger partial charge in [0.2, 0.25) is 5.91 Å². The molecule has 0 radical (unpaired) electrons. The van der Waals surface area contributed by atoms with Crippen LogP contribution in [0.25, 0.3) is 0 Å². The molecule has 0 aliphatic rings. The Morgan fingerprint density at radius 3 is 0.910 bits per heavy atom. The van der Waals surface area contributed by atoms with E-state index in [0.29, 0.717) is 19.4 Å². The number of aliphatic hydroxyl groups excluding tert-OH is 2. The predicted octanol–water partition coefficient (Wildman–Crippen LogP) is 22.7. The van der Waals surface area contributed by atoms with E-state index in [1.807, 2.05) is 6.08 Å². The van der Waals surface area contributed by atoms with E-state index in [4.69, 9.17) is 4.74 Å². The number of allylic oxidation sites excluding steroid dienone is 5. The number of nitrogens with one attached hydrogen (secondary N) is 1. The van der Waals surface area contributed by atoms with Gasteiger partial charge < -0.3 is 20.3 Å². The van der Waals surface area contributed by atoms with Gasteiger partial charge in [0.05, 0.1) is 25.4 Å². The molecule has 2 atom stereocenters. The van der Waals surface area contributed by atoms with Crippen LogP contribution in [0.2, 0.25) is 0 Å². The highest BCUT2D eigenvalue weighted by Crippen LogP contribution is 2.18. The van der Waals surface area contributed by atoms with Crippen LogP contribution < -0.4 is 5.32 Å². The lowest BCUT2D eigenvalue weighted by Crippen LogP contribution is -2.45. The molecule has 0 rings (SSSR count). The number of unbranched alkanes of at least 4 members (excludes halogenated alkanes) is 51. The van der Waals surface area contributed by atoms with Gasteiger partial charge in [-0.3, -0.25) is 9.59 Å². The third-order valence-corrected chi connectivity index (χ3v) is 16.4. The topological polar surface area (TPSA) is 95.9 Å². The summed E-state index contributed by atoms with van der Waals surface area (Å²) < 4.78 is 5.50. The fraction of sp³-hybridized carbons (Fsp3) is 0.889. The SMILES string of the molecule is CCCCCCCCC/C=C\CCCCCCCCCC(=O)OCCCCCCCCCCCC/C=C\CCCCCCCCCC(=O)NC(CO)C(O)/C=C/CCCCCCCCCCCCCCCCCCCCCC. The number of esters is 1. The summed E-state index contributed by atoms with van der Waals surface area (Å²) in [6, 6.07) is -0.635. The molecule has 0 aromatic heterocycles. The molecule has 0 aromatic rings. The third-order valence-electron chi connectivity index (χ3n) is 16.4. The summed E-state index contributed by atoms with van der Waals surface area (Å²) in [7, 11) is 0. The maximum Gasteiger partial charge on any atom is 0.305 e. The van der Waals surface area contributed by atoms with E-state index in [1.165, 1.54) is 308 Å². The standard InChI is InChI=1S/C72H137NO5/c1-3-5-7-9-11-13-15-17-19-21-23-24-26-29-32-36-40-44-48-52-56-60-64-70(75)69(68-74)73-71(76)65-61-57-53-49-45-41-37-33-30-27-25-28-31-35-39-43-47-51-55-59-63-67-78-72(77)66-62-58-54-50-46-42-38-34-22-20-18-16-14-12-10-8-6-4-2/h20,22,27,30,60,64,69-70,74-75H,3-19,21,23-26,28-29,31-59,61-63,65-68H2,1-2H3,(H,73,76)/b22-20-,30-27-,64-60+. The molecule has 6 heteroatoms. The molecule has 78 heavy (non-hydrogen) atoms. The Hall–Kier alpha value is -1.92. The Bertz CT molecular complexity index is 1260. The van der Waals surface area contributed by atoms with Gasteiger partial charge in [-0.25, -0.2) is 0 Å². The van der Waals surface area contributed by atoms with Crippen LogP contribution in [0.5, 0.6) is 0 Å². The van der Waals surface area contributed by atoms with Crippen molar-refractivity contribution in [2.45, 2.75) is 398 Å². The van der Waals surface area contributed by atoms with Crippen LogP contribution in [0.4, 0.5) is 0 Å². The van der Waals surface area contributed by atoms with Crippen LogP contribution in [0.3, 0.4) is 0 Å². The molecule has 0 saturated heterocycles. The van der Waals surface area contributed by atoms with Crippen LogP contribution >= 0.6 is 0 Å². The molecule has 0 fully saturated rings. The van der Waals surface area contributed by atoms with Crippen molar-refractivity contribution in [1.29, 1.82) is 0 Å². The van der Waals surface area contributed by atoms with E-state index in [1.54, 1.807) is 6.08 Å². The molecular weight excluding hydrogens is 959 g/mol. The Morgan fingerprint density at radius 2 is 0.603 bits per heavy atom. The van der Waals surface area contributed by atoms with Crippen molar-refractivity contribution >= 4 is 11.9 Å². The van der Waals surface area contributed by atoms with Crippen LogP contribution in [0.15, 0.2) is 36.5 Å². The second kappa shape index (κ2) is 67.6. The molecule has 0 aliphatic heterocycles. The summed E-state index contributed by atoms with van der Waals surface area (Å²) in [6.07, 6.45) is 86.4. The molecule has 1 amide bonds. The molecule has 0 saturated carbocycles. The summed E-state index contributed by atoms with van der Waals surface area (Å²) >= 11 is 0. The lowest BCUT2D eigenvalue weighted by molar-refractivity contribution is -0.143. The van der Waals surface area contributed by atoms with Gasteiger partial charge in [0.15, 0.2) is 0 Å². The summed E-state index contributed by atoms with van der Waals surface area (Å²) in [4.78, 5) is 24.6. The highest BCUT2D eigenvalue weighted by molar-refractivity contribution is 5.76. The van der Waals surface area contributed by atoms with Crippen molar-refractivity contribution in [3.63, 3.8) is 0 Å². The molecule has 6 nitrogen and oxygen atoms in total. The van der Waals surface area contributed by atoms with Crippen molar-refractivity contribution in [1.82, 2.24) is 5.32 Å². The molecular formula is C72H137NO5. The molecule has 2 unspecified atom stereocenters. The lowest BCUT2D eigenvalue weighted by Gasteiger charge is -2.20. The van der Waals surface area contributed by atoms with E-state index in [-0.39, 0.29) is 18.5 Å². The van der Waals surface area contributed by atoms with Gasteiger partial charge in [-0.1, -0.05) is 326 Å². The van der Waals surface area contributed by atoms with E-state index in [0.717, 1.165) is 51.4 Å². The van der Waals surface area contributed by atoms with Gasteiger partial charge in [-0.2, -0.15) is 0 Å². The minimum Gasteiger partial charge on any atom is -0.466 e. The first kappa shape index (κ1) is 76.1. The van der Waals surface area contributed by atoms with Gasteiger partial charge in [0.1, 0.15) is 0 Å². The van der Waals surface area contributed by atoms with E-state index < -0.39 is 12.1 Å². The Labute approximate surface area is 487 Å². The van der Waals surface area contributed by atoms with E-state index in [9.17, 15) is 19.8 Å². The molecule has 3 N–H and O–H groups in total. The first-order valence-corrected chi connectivity index (χ1v) is 35.3. The maximum atomic E-state index is 12.5. The van der Waals surface area contributed by atoms with Crippen molar-refractivity contribution in [2.75, 3.05) is 13.2 Å². The van der Waals surface area contributed by atoms with E-state index >= 15 is 0 Å². The molecule has 0 aromatic carbocycles. The summed E-state index contributed by atoms with van der Waals surface area (Å²) in [6.45, 7) is 4.93. The molecule has 0 heterocycles. The summed E-state index contributed by atoms with van der Waals surface area (Å²) in [5, 5.41) is 23.2. The van der Waals surface area contributed by atoms with Crippen molar-refractivity contribution in [2.24, 2.45) is 0 Å². The highest BCUT2D eigenvalue weighted by atomic mass is 16.5. The average Bonchev–Trinajstić information content (AvgIpc) is 3.44. The fourth-order valence-corrected chi connectivity index (χ4v) is 11.0. The first-order valence-electron chi connectivity index (χ1n) is 35.3. The minimum atomic E-state index is -0.851. The Morgan fingerprint density at radius 1 is 0.346 bits per heavy atom. The van der Waals surface area contributed by atoms with Gasteiger partial charge >= 0.3 is 5.97 Å². The molecule has 0 aliphatic carbocycles. The number of aliphatic hydroxyl groups is 2. The maximum absolute atomic E-state index is 12.5. The number of rotatable bonds is 66. The van der Waals surface area contributed by atoms with Gasteiger partial charge in [0.25, 0.3) is 0 Å². The van der Waals surface area contributed by atoms with Gasteiger partial charge in [-0.05, 0) is 83.5 Å². The molecule has 460 valence electrons. The number of hydrogen-bond donors (Lipinski definition) is 3. The summed E-state index contributed by atoms with van der Waals surface area (Å²) in [5.74, 6) is -0.0670. The molecule has 0 spiro atoms. The zero-order chi connectivity index (χ0) is 56.4. The first-order chi connectivity index (χ1) is 38.5. The normalized spacial score (nSPS) is 12.7.